The molecule has 0 heterocycles. The van der Waals surface area contributed by atoms with Gasteiger partial charge in [-0.1, -0.05) is 12.1 Å². The van der Waals surface area contributed by atoms with Gasteiger partial charge in [0.25, 0.3) is 0 Å². The fourth-order valence-corrected chi connectivity index (χ4v) is 1.88. The molecule has 112 valence electrons. The molecular weight excluding hydrogens is 256 g/mol. The summed E-state index contributed by atoms with van der Waals surface area (Å²) in [7, 11) is 1.65. The second-order valence-electron chi connectivity index (χ2n) is 4.87. The molecule has 5 heteroatoms. The van der Waals surface area contributed by atoms with Gasteiger partial charge in [0, 0.05) is 19.2 Å². The lowest BCUT2D eigenvalue weighted by atomic mass is 10.1. The number of hydrogen-bond acceptors (Lipinski definition) is 3. The van der Waals surface area contributed by atoms with Crippen LogP contribution in [0.1, 0.15) is 24.5 Å². The molecule has 1 aromatic rings. The van der Waals surface area contributed by atoms with Gasteiger partial charge in [0.05, 0.1) is 7.11 Å². The summed E-state index contributed by atoms with van der Waals surface area (Å²) in [6, 6.07) is 5.80. The Morgan fingerprint density at radius 2 is 2.20 bits per heavy atom. The number of carbonyl (C=O) groups excluding carboxylic acids is 1. The zero-order valence-corrected chi connectivity index (χ0v) is 12.4. The molecule has 0 aromatic heterocycles. The maximum atomic E-state index is 11.6. The number of aryl methyl sites for hydroxylation is 1. The molecule has 2 amide bonds. The number of carbonyl (C=O) groups is 1. The van der Waals surface area contributed by atoms with Crippen LogP contribution >= 0.6 is 0 Å². The number of amides is 2. The Kier molecular flexibility index (Phi) is 6.87. The minimum Gasteiger partial charge on any atom is -0.496 e. The lowest BCUT2D eigenvalue weighted by molar-refractivity contribution is 0.231. The van der Waals surface area contributed by atoms with E-state index < -0.39 is 0 Å². The van der Waals surface area contributed by atoms with Crippen LogP contribution in [0.5, 0.6) is 5.75 Å². The Bertz CT molecular complexity index is 435. The SMILES string of the molecule is COc1cc(CCNC(=O)N[C@H](C)CCO)ccc1C. The lowest BCUT2D eigenvalue weighted by Crippen LogP contribution is -2.41. The molecular formula is C15H24N2O3. The first kappa shape index (κ1) is 16.3. The van der Waals surface area contributed by atoms with E-state index in [-0.39, 0.29) is 18.7 Å². The van der Waals surface area contributed by atoms with Crippen LogP contribution in [0.2, 0.25) is 0 Å². The summed E-state index contributed by atoms with van der Waals surface area (Å²) < 4.78 is 5.27. The van der Waals surface area contributed by atoms with Crippen LogP contribution in [0, 0.1) is 6.92 Å². The Morgan fingerprint density at radius 3 is 2.85 bits per heavy atom. The predicted octanol–water partition coefficient (Wildman–Crippen LogP) is 1.62. The first-order valence-corrected chi connectivity index (χ1v) is 6.85. The van der Waals surface area contributed by atoms with Crippen molar-refractivity contribution in [1.29, 1.82) is 0 Å². The summed E-state index contributed by atoms with van der Waals surface area (Å²) in [4.78, 5) is 11.6. The summed E-state index contributed by atoms with van der Waals surface area (Å²) >= 11 is 0. The van der Waals surface area contributed by atoms with Crippen LogP contribution in [-0.2, 0) is 6.42 Å². The number of methoxy groups -OCH3 is 1. The minimum absolute atomic E-state index is 0.0283. The molecule has 1 rings (SSSR count). The van der Waals surface area contributed by atoms with Gasteiger partial charge in [0.1, 0.15) is 5.75 Å². The van der Waals surface area contributed by atoms with Crippen molar-refractivity contribution in [2.45, 2.75) is 32.7 Å². The number of rotatable bonds is 7. The average molecular weight is 280 g/mol. The third-order valence-electron chi connectivity index (χ3n) is 3.11. The van der Waals surface area contributed by atoms with Crippen molar-refractivity contribution in [1.82, 2.24) is 10.6 Å². The van der Waals surface area contributed by atoms with Crippen LogP contribution in [-0.4, -0.2) is 37.4 Å². The lowest BCUT2D eigenvalue weighted by Gasteiger charge is -2.13. The van der Waals surface area contributed by atoms with Crippen molar-refractivity contribution in [3.63, 3.8) is 0 Å². The molecule has 1 aromatic carbocycles. The highest BCUT2D eigenvalue weighted by Crippen LogP contribution is 2.18. The minimum atomic E-state index is -0.204. The molecule has 0 aliphatic rings. The van der Waals surface area contributed by atoms with E-state index in [1.165, 1.54) is 0 Å². The van der Waals surface area contributed by atoms with Crippen molar-refractivity contribution >= 4 is 6.03 Å². The fourth-order valence-electron chi connectivity index (χ4n) is 1.88. The molecule has 0 saturated carbocycles. The summed E-state index contributed by atoms with van der Waals surface area (Å²) in [5.74, 6) is 0.864. The molecule has 0 aliphatic heterocycles. The van der Waals surface area contributed by atoms with E-state index in [2.05, 4.69) is 10.6 Å². The third kappa shape index (κ3) is 5.48. The molecule has 5 nitrogen and oxygen atoms in total. The quantitative estimate of drug-likeness (QED) is 0.710. The zero-order valence-electron chi connectivity index (χ0n) is 12.4. The number of nitrogens with one attached hydrogen (secondary N) is 2. The van der Waals surface area contributed by atoms with E-state index in [1.807, 2.05) is 32.0 Å². The Morgan fingerprint density at radius 1 is 1.45 bits per heavy atom. The first-order valence-electron chi connectivity index (χ1n) is 6.85. The van der Waals surface area contributed by atoms with Gasteiger partial charge in [-0.05, 0) is 43.9 Å². The molecule has 20 heavy (non-hydrogen) atoms. The van der Waals surface area contributed by atoms with Gasteiger partial charge in [0.2, 0.25) is 0 Å². The van der Waals surface area contributed by atoms with Crippen LogP contribution < -0.4 is 15.4 Å². The molecule has 1 atom stereocenters. The van der Waals surface area contributed by atoms with E-state index in [0.29, 0.717) is 13.0 Å². The van der Waals surface area contributed by atoms with E-state index in [9.17, 15) is 4.79 Å². The van der Waals surface area contributed by atoms with Crippen LogP contribution in [0.25, 0.3) is 0 Å². The highest BCUT2D eigenvalue weighted by molar-refractivity contribution is 5.74. The van der Waals surface area contributed by atoms with Crippen molar-refractivity contribution in [2.75, 3.05) is 20.3 Å². The van der Waals surface area contributed by atoms with Gasteiger partial charge in [-0.25, -0.2) is 4.79 Å². The van der Waals surface area contributed by atoms with Crippen molar-refractivity contribution in [3.05, 3.63) is 29.3 Å². The van der Waals surface area contributed by atoms with E-state index in [4.69, 9.17) is 9.84 Å². The highest BCUT2D eigenvalue weighted by Gasteiger charge is 2.06. The molecule has 0 unspecified atom stereocenters. The molecule has 0 aliphatic carbocycles. The molecule has 0 spiro atoms. The summed E-state index contributed by atoms with van der Waals surface area (Å²) in [6.45, 7) is 4.49. The summed E-state index contributed by atoms with van der Waals surface area (Å²) in [5.41, 5.74) is 2.22. The van der Waals surface area contributed by atoms with E-state index in [1.54, 1.807) is 7.11 Å². The molecule has 0 saturated heterocycles. The van der Waals surface area contributed by atoms with E-state index in [0.717, 1.165) is 23.3 Å². The second kappa shape index (κ2) is 8.43. The fraction of sp³-hybridized carbons (Fsp3) is 0.533. The van der Waals surface area contributed by atoms with Crippen LogP contribution in [0.15, 0.2) is 18.2 Å². The number of urea groups is 1. The number of aliphatic hydroxyl groups excluding tert-OH is 1. The van der Waals surface area contributed by atoms with Gasteiger partial charge >= 0.3 is 6.03 Å². The predicted molar refractivity (Wildman–Crippen MR) is 79.1 cm³/mol. The molecule has 0 radical (unpaired) electrons. The Hall–Kier alpha value is -1.75. The molecule has 3 N–H and O–H groups in total. The topological polar surface area (TPSA) is 70.6 Å². The standard InChI is InChI=1S/C15H24N2O3/c1-11-4-5-13(10-14(11)20-3)6-8-16-15(19)17-12(2)7-9-18/h4-5,10,12,18H,6-9H2,1-3H3,(H2,16,17,19)/t12-/m1/s1. The highest BCUT2D eigenvalue weighted by atomic mass is 16.5. The van der Waals surface area contributed by atoms with Gasteiger partial charge in [-0.2, -0.15) is 0 Å². The van der Waals surface area contributed by atoms with Crippen LogP contribution in [0.4, 0.5) is 4.79 Å². The van der Waals surface area contributed by atoms with Gasteiger partial charge in [-0.3, -0.25) is 0 Å². The Labute approximate surface area is 120 Å². The number of aliphatic hydroxyl groups is 1. The van der Waals surface area contributed by atoms with Crippen molar-refractivity contribution in [3.8, 4) is 5.75 Å². The number of hydrogen-bond donors (Lipinski definition) is 3. The first-order chi connectivity index (χ1) is 9.56. The van der Waals surface area contributed by atoms with Gasteiger partial charge in [0.15, 0.2) is 0 Å². The van der Waals surface area contributed by atoms with Gasteiger partial charge in [-0.15, -0.1) is 0 Å². The van der Waals surface area contributed by atoms with Crippen molar-refractivity contribution in [2.24, 2.45) is 0 Å². The molecule has 0 fully saturated rings. The average Bonchev–Trinajstić information content (AvgIpc) is 2.40. The number of ether oxygens (including phenoxy) is 1. The normalized spacial score (nSPS) is 11.8. The number of benzene rings is 1. The Balaban J connectivity index is 2.35. The maximum absolute atomic E-state index is 11.6. The summed E-state index contributed by atoms with van der Waals surface area (Å²) in [6.07, 6.45) is 1.31. The maximum Gasteiger partial charge on any atom is 0.315 e. The monoisotopic (exact) mass is 280 g/mol. The second-order valence-corrected chi connectivity index (χ2v) is 4.87. The van der Waals surface area contributed by atoms with Crippen molar-refractivity contribution < 1.29 is 14.6 Å². The van der Waals surface area contributed by atoms with E-state index >= 15 is 0 Å². The zero-order chi connectivity index (χ0) is 15.0. The summed E-state index contributed by atoms with van der Waals surface area (Å²) in [5, 5.41) is 14.3. The largest absolute Gasteiger partial charge is 0.496 e. The van der Waals surface area contributed by atoms with Gasteiger partial charge < -0.3 is 20.5 Å². The van der Waals surface area contributed by atoms with Crippen LogP contribution in [0.3, 0.4) is 0 Å². The third-order valence-corrected chi connectivity index (χ3v) is 3.11. The molecule has 0 bridgehead atoms. The smallest absolute Gasteiger partial charge is 0.315 e.